The van der Waals surface area contributed by atoms with Crippen LogP contribution in [0.15, 0.2) is 24.3 Å². The Morgan fingerprint density at radius 1 is 1.25 bits per heavy atom. The Labute approximate surface area is 118 Å². The smallest absolute Gasteiger partial charge is 0.218 e. The number of benzene rings is 1. The van der Waals surface area contributed by atoms with Gasteiger partial charge in [0.05, 0.1) is 5.75 Å². The highest BCUT2D eigenvalue weighted by atomic mass is 32.2. The molecule has 1 aliphatic heterocycles. The maximum absolute atomic E-state index is 13.6. The molecule has 110 valence electrons. The van der Waals surface area contributed by atoms with E-state index in [9.17, 15) is 12.8 Å². The van der Waals surface area contributed by atoms with Crippen molar-refractivity contribution in [3.05, 3.63) is 35.6 Å². The van der Waals surface area contributed by atoms with E-state index in [0.717, 1.165) is 12.8 Å². The molecule has 0 unspecified atom stereocenters. The third kappa shape index (κ3) is 2.47. The fourth-order valence-corrected chi connectivity index (χ4v) is 5.02. The first-order valence-corrected chi connectivity index (χ1v) is 8.55. The molecule has 4 nitrogen and oxygen atoms in total. The minimum Gasteiger partial charge on any atom is -0.327 e. The second-order valence-electron chi connectivity index (χ2n) is 5.83. The monoisotopic (exact) mass is 298 g/mol. The third-order valence-corrected chi connectivity index (χ3v) is 6.33. The fraction of sp³-hybridized carbons (Fsp3) is 0.571. The Kier molecular flexibility index (Phi) is 3.56. The average Bonchev–Trinajstić information content (AvgIpc) is 2.95. The molecule has 3 atom stereocenters. The minimum absolute atomic E-state index is 0.105. The Bertz CT molecular complexity index is 605. The van der Waals surface area contributed by atoms with Crippen molar-refractivity contribution in [2.75, 3.05) is 13.1 Å². The van der Waals surface area contributed by atoms with Crippen LogP contribution in [0.4, 0.5) is 4.39 Å². The van der Waals surface area contributed by atoms with Gasteiger partial charge in [-0.25, -0.2) is 17.1 Å². The summed E-state index contributed by atoms with van der Waals surface area (Å²) in [5, 5.41) is 0. The molecule has 0 amide bonds. The topological polar surface area (TPSA) is 63.4 Å². The number of hydrogen-bond acceptors (Lipinski definition) is 3. The number of sulfonamides is 1. The lowest BCUT2D eigenvalue weighted by molar-refractivity contribution is 0.426. The molecule has 2 N–H and O–H groups in total. The summed E-state index contributed by atoms with van der Waals surface area (Å²) in [6, 6.07) is 6.14. The summed E-state index contributed by atoms with van der Waals surface area (Å²) in [7, 11) is -3.46. The van der Waals surface area contributed by atoms with Gasteiger partial charge in [-0.05, 0) is 30.7 Å². The van der Waals surface area contributed by atoms with E-state index in [1.807, 2.05) is 0 Å². The van der Waals surface area contributed by atoms with Crippen LogP contribution in [0.3, 0.4) is 0 Å². The van der Waals surface area contributed by atoms with E-state index in [2.05, 4.69) is 0 Å². The summed E-state index contributed by atoms with van der Waals surface area (Å²) in [5.74, 6) is -0.0908. The molecule has 1 aliphatic carbocycles. The van der Waals surface area contributed by atoms with Gasteiger partial charge in [0.25, 0.3) is 0 Å². The normalized spacial score (nSPS) is 30.6. The van der Waals surface area contributed by atoms with Gasteiger partial charge in [0.2, 0.25) is 10.0 Å². The molecule has 0 aromatic heterocycles. The van der Waals surface area contributed by atoms with Gasteiger partial charge in [0.15, 0.2) is 0 Å². The number of fused-ring (bicyclic) bond motifs is 1. The zero-order valence-electron chi connectivity index (χ0n) is 11.2. The lowest BCUT2D eigenvalue weighted by Crippen LogP contribution is -2.34. The van der Waals surface area contributed by atoms with Crippen molar-refractivity contribution in [1.29, 1.82) is 0 Å². The van der Waals surface area contributed by atoms with Crippen molar-refractivity contribution in [2.24, 2.45) is 17.6 Å². The molecule has 3 rings (SSSR count). The van der Waals surface area contributed by atoms with Crippen molar-refractivity contribution in [3.63, 3.8) is 0 Å². The molecular weight excluding hydrogens is 279 g/mol. The second kappa shape index (κ2) is 5.09. The largest absolute Gasteiger partial charge is 0.327 e. The van der Waals surface area contributed by atoms with Crippen LogP contribution in [0.2, 0.25) is 0 Å². The molecule has 0 bridgehead atoms. The molecule has 6 heteroatoms. The summed E-state index contributed by atoms with van der Waals surface area (Å²) < 4.78 is 39.9. The van der Waals surface area contributed by atoms with Crippen LogP contribution < -0.4 is 5.73 Å². The average molecular weight is 298 g/mol. The van der Waals surface area contributed by atoms with Crippen LogP contribution in [0, 0.1) is 17.7 Å². The van der Waals surface area contributed by atoms with E-state index in [0.29, 0.717) is 19.0 Å². The SMILES string of the molecule is N[C@@H]1CC[C@@H]2CN(S(=O)(=O)Cc3ccccc3F)C[C@@H]21. The Hall–Kier alpha value is -0.980. The standard InChI is InChI=1S/C14H19FN2O2S/c15-13-4-2-1-3-11(13)9-20(18,19)17-7-10-5-6-14(16)12(10)8-17/h1-4,10,12,14H,5-9,16H2/t10-,12+,14-/m1/s1. The summed E-state index contributed by atoms with van der Waals surface area (Å²) >= 11 is 0. The van der Waals surface area contributed by atoms with E-state index in [1.54, 1.807) is 12.1 Å². The van der Waals surface area contributed by atoms with Gasteiger partial charge in [0.1, 0.15) is 5.82 Å². The maximum atomic E-state index is 13.6. The molecule has 2 aliphatic rings. The Morgan fingerprint density at radius 2 is 2.00 bits per heavy atom. The maximum Gasteiger partial charge on any atom is 0.218 e. The van der Waals surface area contributed by atoms with Crippen LogP contribution in [-0.2, 0) is 15.8 Å². The van der Waals surface area contributed by atoms with E-state index in [1.165, 1.54) is 16.4 Å². The summed E-state index contributed by atoms with van der Waals surface area (Å²) in [6.07, 6.45) is 1.98. The molecule has 1 heterocycles. The van der Waals surface area contributed by atoms with Crippen LogP contribution >= 0.6 is 0 Å². The fourth-order valence-electron chi connectivity index (χ4n) is 3.40. The number of halogens is 1. The van der Waals surface area contributed by atoms with Gasteiger partial charge >= 0.3 is 0 Å². The first kappa shape index (κ1) is 14.0. The number of nitrogens with zero attached hydrogens (tertiary/aromatic N) is 1. The molecule has 20 heavy (non-hydrogen) atoms. The summed E-state index contributed by atoms with van der Waals surface area (Å²) in [5.41, 5.74) is 6.25. The second-order valence-corrected chi connectivity index (χ2v) is 7.80. The van der Waals surface area contributed by atoms with E-state index in [4.69, 9.17) is 5.73 Å². The number of rotatable bonds is 3. The van der Waals surface area contributed by atoms with Crippen LogP contribution in [0.1, 0.15) is 18.4 Å². The van der Waals surface area contributed by atoms with Crippen molar-refractivity contribution >= 4 is 10.0 Å². The lowest BCUT2D eigenvalue weighted by atomic mass is 9.98. The van der Waals surface area contributed by atoms with Gasteiger partial charge in [-0.3, -0.25) is 0 Å². The summed E-state index contributed by atoms with van der Waals surface area (Å²) in [4.78, 5) is 0. The quantitative estimate of drug-likeness (QED) is 0.915. The molecule has 1 aromatic rings. The Morgan fingerprint density at radius 3 is 2.70 bits per heavy atom. The van der Waals surface area contributed by atoms with Crippen LogP contribution in [0.25, 0.3) is 0 Å². The van der Waals surface area contributed by atoms with Crippen LogP contribution in [-0.4, -0.2) is 31.9 Å². The minimum atomic E-state index is -3.46. The van der Waals surface area contributed by atoms with Gasteiger partial charge in [-0.1, -0.05) is 18.2 Å². The molecule has 1 aromatic carbocycles. The van der Waals surface area contributed by atoms with Crippen molar-refractivity contribution in [2.45, 2.75) is 24.6 Å². The first-order valence-electron chi connectivity index (χ1n) is 6.94. The van der Waals surface area contributed by atoms with Crippen molar-refractivity contribution < 1.29 is 12.8 Å². The number of nitrogens with two attached hydrogens (primary N) is 1. The predicted octanol–water partition coefficient (Wildman–Crippen LogP) is 1.32. The van der Waals surface area contributed by atoms with E-state index in [-0.39, 0.29) is 23.3 Å². The van der Waals surface area contributed by atoms with Crippen LogP contribution in [0.5, 0.6) is 0 Å². The zero-order chi connectivity index (χ0) is 14.3. The van der Waals surface area contributed by atoms with Gasteiger partial charge in [0, 0.05) is 24.7 Å². The van der Waals surface area contributed by atoms with E-state index < -0.39 is 15.8 Å². The van der Waals surface area contributed by atoms with Crippen molar-refractivity contribution in [1.82, 2.24) is 4.31 Å². The van der Waals surface area contributed by atoms with Crippen molar-refractivity contribution in [3.8, 4) is 0 Å². The van der Waals surface area contributed by atoms with Gasteiger partial charge in [-0.2, -0.15) is 0 Å². The predicted molar refractivity (Wildman–Crippen MR) is 74.8 cm³/mol. The molecule has 1 saturated heterocycles. The lowest BCUT2D eigenvalue weighted by Gasteiger charge is -2.18. The van der Waals surface area contributed by atoms with Gasteiger partial charge in [-0.15, -0.1) is 0 Å². The highest BCUT2D eigenvalue weighted by molar-refractivity contribution is 7.88. The summed E-state index contributed by atoms with van der Waals surface area (Å²) in [6.45, 7) is 1.03. The third-order valence-electron chi connectivity index (χ3n) is 4.57. The zero-order valence-corrected chi connectivity index (χ0v) is 12.0. The highest BCUT2D eigenvalue weighted by Gasteiger charge is 2.44. The first-order chi connectivity index (χ1) is 9.47. The van der Waals surface area contributed by atoms with E-state index >= 15 is 0 Å². The number of hydrogen-bond donors (Lipinski definition) is 1. The Balaban J connectivity index is 1.75. The molecule has 0 spiro atoms. The molecular formula is C14H19FN2O2S. The highest BCUT2D eigenvalue weighted by Crippen LogP contribution is 2.38. The molecule has 0 radical (unpaired) electrons. The van der Waals surface area contributed by atoms with Gasteiger partial charge < -0.3 is 5.73 Å². The molecule has 1 saturated carbocycles. The molecule has 2 fully saturated rings.